The monoisotopic (exact) mass is 540 g/mol. The van der Waals surface area contributed by atoms with E-state index < -0.39 is 0 Å². The van der Waals surface area contributed by atoms with Gasteiger partial charge in [-0.3, -0.25) is 24.3 Å². The van der Waals surface area contributed by atoms with E-state index >= 15 is 0 Å². The first kappa shape index (κ1) is 26.9. The van der Waals surface area contributed by atoms with Gasteiger partial charge in [0.2, 0.25) is 11.9 Å². The number of nitrogens with zero attached hydrogens (tertiary/aromatic N) is 4. The number of benzene rings is 2. The van der Waals surface area contributed by atoms with Gasteiger partial charge in [0.05, 0.1) is 11.9 Å². The van der Waals surface area contributed by atoms with Crippen molar-refractivity contribution < 1.29 is 19.1 Å². The van der Waals surface area contributed by atoms with E-state index in [0.29, 0.717) is 43.2 Å². The van der Waals surface area contributed by atoms with Crippen LogP contribution >= 0.6 is 0 Å². The molecule has 2 aromatic heterocycles. The number of anilines is 1. The van der Waals surface area contributed by atoms with Crippen LogP contribution in [-0.2, 0) is 27.5 Å². The van der Waals surface area contributed by atoms with Gasteiger partial charge in [-0.1, -0.05) is 37.3 Å². The third kappa shape index (κ3) is 7.02. The van der Waals surface area contributed by atoms with E-state index in [9.17, 15) is 14.4 Å². The van der Waals surface area contributed by atoms with Crippen molar-refractivity contribution in [2.24, 2.45) is 0 Å². The van der Waals surface area contributed by atoms with Crippen molar-refractivity contribution in [3.63, 3.8) is 0 Å². The number of amides is 2. The third-order valence-electron chi connectivity index (χ3n) is 6.53. The Morgan fingerprint density at radius 2 is 1.85 bits per heavy atom. The van der Waals surface area contributed by atoms with Gasteiger partial charge in [-0.15, -0.1) is 0 Å². The first-order valence-corrected chi connectivity index (χ1v) is 13.5. The molecular formula is C30H32N6O4. The van der Waals surface area contributed by atoms with Crippen molar-refractivity contribution in [2.75, 3.05) is 5.32 Å². The van der Waals surface area contributed by atoms with Crippen LogP contribution in [0.15, 0.2) is 73.2 Å². The number of rotatable bonds is 12. The number of carbonyl (C=O) groups is 3. The van der Waals surface area contributed by atoms with Crippen molar-refractivity contribution in [2.45, 2.75) is 58.2 Å². The summed E-state index contributed by atoms with van der Waals surface area (Å²) in [5.41, 5.74) is 3.72. The normalized spacial score (nSPS) is 12.6. The molecule has 2 N–H and O–H groups in total. The molecule has 5 rings (SSSR count). The van der Waals surface area contributed by atoms with Gasteiger partial charge in [0.1, 0.15) is 0 Å². The Balaban J connectivity index is 1.29. The zero-order chi connectivity index (χ0) is 27.9. The molecule has 1 aliphatic carbocycles. The second kappa shape index (κ2) is 12.4. The van der Waals surface area contributed by atoms with Crippen LogP contribution in [0.5, 0.6) is 0 Å². The maximum absolute atomic E-state index is 13.3. The zero-order valence-electron chi connectivity index (χ0n) is 22.4. The average Bonchev–Trinajstić information content (AvgIpc) is 3.50. The molecule has 10 heteroatoms. The first-order valence-electron chi connectivity index (χ1n) is 13.5. The summed E-state index contributed by atoms with van der Waals surface area (Å²) >= 11 is 0. The number of aryl methyl sites for hydroxylation is 1. The van der Waals surface area contributed by atoms with E-state index in [0.717, 1.165) is 35.3 Å². The SMILES string of the molecule is CCC(=O)OCn1cc(-c2cccc(C(=O)Nc3nc(CCCC(=O)NC4CC4)cn3-c3ccccc3)c2)cn1. The molecule has 2 heterocycles. The highest BCUT2D eigenvalue weighted by molar-refractivity contribution is 6.04. The van der Waals surface area contributed by atoms with Crippen molar-refractivity contribution >= 4 is 23.7 Å². The van der Waals surface area contributed by atoms with E-state index in [4.69, 9.17) is 9.72 Å². The molecule has 0 spiro atoms. The summed E-state index contributed by atoms with van der Waals surface area (Å²) in [6.45, 7) is 1.76. The van der Waals surface area contributed by atoms with Gasteiger partial charge in [0.25, 0.3) is 5.91 Å². The quantitative estimate of drug-likeness (QED) is 0.255. The standard InChI is InChI=1S/C30H32N6O4/c1-2-28(38)40-20-35-18-23(17-31-35)21-8-6-9-22(16-21)29(39)34-30-33-25(10-7-13-27(37)32-24-14-15-24)19-36(30)26-11-4-3-5-12-26/h3-6,8-9,11-12,16-19,24H,2,7,10,13-15,20H2,1H3,(H,32,37)(H,33,34,39). The van der Waals surface area contributed by atoms with Crippen LogP contribution in [-0.4, -0.2) is 43.2 Å². The predicted molar refractivity (Wildman–Crippen MR) is 150 cm³/mol. The highest BCUT2D eigenvalue weighted by Crippen LogP contribution is 2.23. The summed E-state index contributed by atoms with van der Waals surface area (Å²) in [5, 5.41) is 10.2. The molecule has 0 aliphatic heterocycles. The van der Waals surface area contributed by atoms with Crippen LogP contribution in [0.2, 0.25) is 0 Å². The Labute approximate surface area is 232 Å². The number of hydrogen-bond acceptors (Lipinski definition) is 6. The molecule has 4 aromatic rings. The minimum atomic E-state index is -0.302. The van der Waals surface area contributed by atoms with Crippen molar-refractivity contribution in [1.29, 1.82) is 0 Å². The van der Waals surface area contributed by atoms with Gasteiger partial charge in [0, 0.05) is 48.1 Å². The van der Waals surface area contributed by atoms with Crippen LogP contribution in [0.4, 0.5) is 5.95 Å². The highest BCUT2D eigenvalue weighted by atomic mass is 16.5. The molecule has 1 saturated carbocycles. The Morgan fingerprint density at radius 3 is 2.62 bits per heavy atom. The Kier molecular flexibility index (Phi) is 8.34. The number of carbonyl (C=O) groups excluding carboxylic acids is 3. The molecule has 2 amide bonds. The third-order valence-corrected chi connectivity index (χ3v) is 6.53. The van der Waals surface area contributed by atoms with E-state index in [1.54, 1.807) is 37.5 Å². The first-order chi connectivity index (χ1) is 19.5. The van der Waals surface area contributed by atoms with E-state index in [1.807, 2.05) is 47.2 Å². The predicted octanol–water partition coefficient (Wildman–Crippen LogP) is 4.50. The van der Waals surface area contributed by atoms with Gasteiger partial charge >= 0.3 is 5.97 Å². The summed E-state index contributed by atoms with van der Waals surface area (Å²) in [5.74, 6) is -0.119. The topological polar surface area (TPSA) is 120 Å². The van der Waals surface area contributed by atoms with Crippen LogP contribution in [0.3, 0.4) is 0 Å². The molecule has 0 saturated heterocycles. The van der Waals surface area contributed by atoms with Crippen molar-refractivity contribution in [1.82, 2.24) is 24.6 Å². The van der Waals surface area contributed by atoms with E-state index in [2.05, 4.69) is 15.7 Å². The fourth-order valence-electron chi connectivity index (χ4n) is 4.22. The number of imidazole rings is 1. The second-order valence-electron chi connectivity index (χ2n) is 9.76. The van der Waals surface area contributed by atoms with Gasteiger partial charge in [-0.2, -0.15) is 5.10 Å². The van der Waals surface area contributed by atoms with Crippen LogP contribution in [0.1, 0.15) is 55.1 Å². The Morgan fingerprint density at radius 1 is 1.02 bits per heavy atom. The fourth-order valence-corrected chi connectivity index (χ4v) is 4.22. The van der Waals surface area contributed by atoms with Gasteiger partial charge in [-0.05, 0) is 55.5 Å². The van der Waals surface area contributed by atoms with Gasteiger partial charge in [0.15, 0.2) is 6.73 Å². The number of nitrogens with one attached hydrogen (secondary N) is 2. The molecular weight excluding hydrogens is 508 g/mol. The number of hydrogen-bond donors (Lipinski definition) is 2. The summed E-state index contributed by atoms with van der Waals surface area (Å²) in [6.07, 6.45) is 9.50. The van der Waals surface area contributed by atoms with Crippen molar-refractivity contribution in [3.8, 4) is 16.8 Å². The van der Waals surface area contributed by atoms with E-state index in [-0.39, 0.29) is 24.5 Å². The minimum absolute atomic E-state index is 0.0303. The largest absolute Gasteiger partial charge is 0.442 e. The molecule has 206 valence electrons. The molecule has 1 fully saturated rings. The number of ether oxygens (including phenoxy) is 1. The molecule has 10 nitrogen and oxygen atoms in total. The van der Waals surface area contributed by atoms with Crippen LogP contribution < -0.4 is 10.6 Å². The molecule has 0 radical (unpaired) electrons. The fraction of sp³-hybridized carbons (Fsp3) is 0.300. The number of esters is 1. The summed E-state index contributed by atoms with van der Waals surface area (Å²) < 4.78 is 8.51. The van der Waals surface area contributed by atoms with Crippen LogP contribution in [0.25, 0.3) is 16.8 Å². The van der Waals surface area contributed by atoms with Crippen LogP contribution in [0, 0.1) is 0 Å². The average molecular weight is 541 g/mol. The van der Waals surface area contributed by atoms with E-state index in [1.165, 1.54) is 4.68 Å². The summed E-state index contributed by atoms with van der Waals surface area (Å²) in [4.78, 5) is 41.5. The molecule has 40 heavy (non-hydrogen) atoms. The Bertz CT molecular complexity index is 1490. The lowest BCUT2D eigenvalue weighted by Gasteiger charge is -2.09. The van der Waals surface area contributed by atoms with Crippen molar-refractivity contribution in [3.05, 3.63) is 84.4 Å². The molecule has 2 aromatic carbocycles. The molecule has 0 unspecified atom stereocenters. The second-order valence-corrected chi connectivity index (χ2v) is 9.76. The lowest BCUT2D eigenvalue weighted by atomic mass is 10.1. The molecule has 0 bridgehead atoms. The van der Waals surface area contributed by atoms with Gasteiger partial charge in [-0.25, -0.2) is 9.67 Å². The smallest absolute Gasteiger partial charge is 0.307 e. The summed E-state index contributed by atoms with van der Waals surface area (Å²) in [7, 11) is 0. The maximum Gasteiger partial charge on any atom is 0.307 e. The lowest BCUT2D eigenvalue weighted by molar-refractivity contribution is -0.147. The molecule has 1 aliphatic rings. The molecule has 0 atom stereocenters. The number of aromatic nitrogens is 4. The lowest BCUT2D eigenvalue weighted by Crippen LogP contribution is -2.25. The zero-order valence-corrected chi connectivity index (χ0v) is 22.4. The van der Waals surface area contributed by atoms with Gasteiger partial charge < -0.3 is 10.1 Å². The minimum Gasteiger partial charge on any atom is -0.442 e. The highest BCUT2D eigenvalue weighted by Gasteiger charge is 2.23. The number of para-hydroxylation sites is 1. The summed E-state index contributed by atoms with van der Waals surface area (Å²) in [6, 6.07) is 17.2. The Hall–Kier alpha value is -4.73. The maximum atomic E-state index is 13.3.